The number of hydrogen-bond acceptors (Lipinski definition) is 1. The maximum atomic E-state index is 9.48. The van der Waals surface area contributed by atoms with E-state index in [9.17, 15) is 4.79 Å². The van der Waals surface area contributed by atoms with Crippen molar-refractivity contribution in [1.29, 1.82) is 0 Å². The molecule has 12 heavy (non-hydrogen) atoms. The molecular weight excluding hydrogens is 278 g/mol. The van der Waals surface area contributed by atoms with Crippen LogP contribution in [0.25, 0.3) is 5.73 Å². The summed E-state index contributed by atoms with van der Waals surface area (Å²) in [6, 6.07) is 0. The van der Waals surface area contributed by atoms with E-state index in [4.69, 9.17) is 5.73 Å². The van der Waals surface area contributed by atoms with E-state index in [1.165, 1.54) is 19.3 Å². The molecule has 0 atom stereocenters. The third kappa shape index (κ3) is 30.8. The Morgan fingerprint density at radius 2 is 1.75 bits per heavy atom. The summed E-state index contributed by atoms with van der Waals surface area (Å²) < 4.78 is 0. The van der Waals surface area contributed by atoms with Crippen LogP contribution in [-0.2, 0) is 4.79 Å². The van der Waals surface area contributed by atoms with Crippen LogP contribution in [0.1, 0.15) is 46.0 Å². The maximum absolute atomic E-state index is 9.48. The summed E-state index contributed by atoms with van der Waals surface area (Å²) in [5.41, 5.74) is 6.19. The molecule has 2 nitrogen and oxygen atoms in total. The predicted octanol–water partition coefficient (Wildman–Crippen LogP) is 3.38. The molecule has 72 valence electrons. The van der Waals surface area contributed by atoms with Gasteiger partial charge in [0.25, 0.3) is 0 Å². The molecule has 0 aliphatic carbocycles. The fourth-order valence-electron chi connectivity index (χ4n) is 0.427. The number of carbonyl (C=O) groups is 1. The summed E-state index contributed by atoms with van der Waals surface area (Å²) in [7, 11) is 0. The van der Waals surface area contributed by atoms with Crippen molar-refractivity contribution in [3.63, 3.8) is 0 Å². The minimum absolute atomic E-state index is 0. The Balaban J connectivity index is -0.000000126. The van der Waals surface area contributed by atoms with Gasteiger partial charge in [0.05, 0.1) is 0 Å². The van der Waals surface area contributed by atoms with Crippen LogP contribution in [0, 0.1) is 48.7 Å². The van der Waals surface area contributed by atoms with Gasteiger partial charge in [-0.3, -0.25) is 0 Å². The van der Waals surface area contributed by atoms with E-state index in [1.807, 2.05) is 0 Å². The maximum Gasteiger partial charge on any atom is 0.0484 e. The van der Waals surface area contributed by atoms with Crippen molar-refractivity contribution in [1.82, 2.24) is 0 Å². The van der Waals surface area contributed by atoms with Crippen LogP contribution in [0.4, 0.5) is 0 Å². The van der Waals surface area contributed by atoms with Crippen molar-refractivity contribution in [2.24, 2.45) is 0 Å². The molecule has 0 unspecified atom stereocenters. The topological polar surface area (TPSA) is 40.9 Å². The summed E-state index contributed by atoms with van der Waals surface area (Å²) >= 11 is 0. The molecule has 0 aromatic heterocycles. The molecule has 0 aliphatic rings. The fraction of sp³-hybridized carbons (Fsp3) is 0.778. The SMILES string of the molecule is CCC([NH-])=O.[CH2-]CCCCC.[Ce]. The second-order valence-corrected chi connectivity index (χ2v) is 2.34. The quantitative estimate of drug-likeness (QED) is 0.579. The van der Waals surface area contributed by atoms with Crippen molar-refractivity contribution >= 4 is 5.91 Å². The zero-order valence-electron chi connectivity index (χ0n) is 8.15. The summed E-state index contributed by atoms with van der Waals surface area (Å²) in [6.45, 7) is 7.59. The molecule has 0 aromatic carbocycles. The molecule has 0 heterocycles. The van der Waals surface area contributed by atoms with E-state index in [-0.39, 0.29) is 41.7 Å². The molecule has 0 saturated heterocycles. The summed E-state index contributed by atoms with van der Waals surface area (Å²) in [4.78, 5) is 9.48. The van der Waals surface area contributed by atoms with E-state index in [1.54, 1.807) is 6.92 Å². The molecule has 1 N–H and O–H groups in total. The van der Waals surface area contributed by atoms with Crippen molar-refractivity contribution in [2.45, 2.75) is 46.0 Å². The van der Waals surface area contributed by atoms with Crippen molar-refractivity contribution in [2.75, 3.05) is 0 Å². The third-order valence-corrected chi connectivity index (χ3v) is 1.17. The molecule has 0 bridgehead atoms. The van der Waals surface area contributed by atoms with E-state index in [2.05, 4.69) is 13.8 Å². The van der Waals surface area contributed by atoms with E-state index >= 15 is 0 Å². The Morgan fingerprint density at radius 1 is 1.33 bits per heavy atom. The van der Waals surface area contributed by atoms with Crippen LogP contribution in [0.5, 0.6) is 0 Å². The van der Waals surface area contributed by atoms with Crippen molar-refractivity contribution in [3.8, 4) is 0 Å². The second-order valence-electron chi connectivity index (χ2n) is 2.34. The minimum atomic E-state index is -0.495. The molecule has 0 rings (SSSR count). The van der Waals surface area contributed by atoms with Gasteiger partial charge in [-0.2, -0.15) is 6.42 Å². The summed E-state index contributed by atoms with van der Waals surface area (Å²) in [5, 5.41) is 0. The monoisotopic (exact) mass is 297 g/mol. The Hall–Kier alpha value is 0.847. The normalized spacial score (nSPS) is 7.58. The molecule has 0 fully saturated rings. The third-order valence-electron chi connectivity index (χ3n) is 1.17. The van der Waals surface area contributed by atoms with Crippen LogP contribution in [0.3, 0.4) is 0 Å². The van der Waals surface area contributed by atoms with Gasteiger partial charge in [0.2, 0.25) is 0 Å². The van der Waals surface area contributed by atoms with Gasteiger partial charge in [0, 0.05) is 47.7 Å². The summed E-state index contributed by atoms with van der Waals surface area (Å²) in [5.74, 6) is -0.495. The molecule has 0 radical (unpaired) electrons. The van der Waals surface area contributed by atoms with Gasteiger partial charge in [-0.05, 0) is 6.42 Å². The van der Waals surface area contributed by atoms with Crippen molar-refractivity contribution < 1.29 is 46.5 Å². The van der Waals surface area contributed by atoms with Crippen LogP contribution in [0.2, 0.25) is 0 Å². The molecular formula is C9H19CeNO-2. The Morgan fingerprint density at radius 3 is 1.83 bits per heavy atom. The van der Waals surface area contributed by atoms with E-state index in [0.29, 0.717) is 6.42 Å². The van der Waals surface area contributed by atoms with Gasteiger partial charge < -0.3 is 17.5 Å². The van der Waals surface area contributed by atoms with Crippen molar-refractivity contribution in [3.05, 3.63) is 12.7 Å². The smallest absolute Gasteiger partial charge is 0.0484 e. The molecule has 0 saturated carbocycles. The van der Waals surface area contributed by atoms with E-state index in [0.717, 1.165) is 6.42 Å². The molecule has 3 heteroatoms. The average molecular weight is 297 g/mol. The number of hydrogen-bond donors (Lipinski definition) is 0. The van der Waals surface area contributed by atoms with E-state index < -0.39 is 5.91 Å². The van der Waals surface area contributed by atoms with Gasteiger partial charge >= 0.3 is 0 Å². The standard InChI is InChI=1S/C6H13.C3H7NO.Ce/c1-3-5-6-4-2;1-2-3(4)5;/h1,3-6H2,2H3;2H2,1H3,(H2,4,5);/q-1;;/p-1. The first kappa shape index (κ1) is 18.6. The molecule has 0 aliphatic heterocycles. The molecule has 0 spiro atoms. The Bertz CT molecular complexity index is 82.6. The fourth-order valence-corrected chi connectivity index (χ4v) is 0.427. The summed E-state index contributed by atoms with van der Waals surface area (Å²) in [6.07, 6.45) is 5.41. The van der Waals surface area contributed by atoms with Crippen LogP contribution in [-0.4, -0.2) is 5.91 Å². The van der Waals surface area contributed by atoms with Gasteiger partial charge in [-0.1, -0.05) is 33.1 Å². The number of rotatable bonds is 4. The first-order valence-corrected chi connectivity index (χ1v) is 4.22. The first-order chi connectivity index (χ1) is 5.18. The Kier molecular flexibility index (Phi) is 27.6. The minimum Gasteiger partial charge on any atom is -0.668 e. The average Bonchev–Trinajstić information content (AvgIpc) is 2.02. The molecule has 0 aromatic rings. The molecule has 1 amide bonds. The zero-order valence-corrected chi connectivity index (χ0v) is 11.3. The van der Waals surface area contributed by atoms with Crippen LogP contribution in [0.15, 0.2) is 0 Å². The number of unbranched alkanes of at least 4 members (excludes halogenated alkanes) is 3. The van der Waals surface area contributed by atoms with Gasteiger partial charge in [-0.25, -0.2) is 0 Å². The number of nitrogens with one attached hydrogen (secondary N) is 1. The van der Waals surface area contributed by atoms with Gasteiger partial charge in [-0.15, -0.1) is 0 Å². The Labute approximate surface area is 110 Å². The number of amides is 1. The second kappa shape index (κ2) is 17.8. The predicted molar refractivity (Wildman–Crippen MR) is 49.1 cm³/mol. The van der Waals surface area contributed by atoms with Gasteiger partial charge in [0.1, 0.15) is 0 Å². The zero-order chi connectivity index (χ0) is 9.11. The van der Waals surface area contributed by atoms with Crippen LogP contribution < -0.4 is 0 Å². The van der Waals surface area contributed by atoms with Crippen LogP contribution >= 0.6 is 0 Å². The largest absolute Gasteiger partial charge is 0.668 e. The number of carbonyl (C=O) groups excluding carboxylic acids is 1. The van der Waals surface area contributed by atoms with Gasteiger partial charge in [0.15, 0.2) is 0 Å². The first-order valence-electron chi connectivity index (χ1n) is 4.22.